The monoisotopic (exact) mass is 375 g/mol. The molecule has 3 N–H and O–H groups in total. The Hall–Kier alpha value is -0.620. The summed E-state index contributed by atoms with van der Waals surface area (Å²) in [5.41, 5.74) is 7.93. The van der Waals surface area contributed by atoms with Crippen LogP contribution in [0.4, 0.5) is 5.69 Å². The van der Waals surface area contributed by atoms with E-state index in [1.807, 2.05) is 25.1 Å². The van der Waals surface area contributed by atoms with E-state index in [1.165, 1.54) is 0 Å². The fraction of sp³-hybridized carbons (Fsp3) is 0.533. The Morgan fingerprint density at radius 3 is 2.86 bits per heavy atom. The van der Waals surface area contributed by atoms with Crippen LogP contribution in [-0.2, 0) is 4.79 Å². The molecule has 0 spiro atoms. The van der Waals surface area contributed by atoms with E-state index >= 15 is 0 Å². The van der Waals surface area contributed by atoms with Gasteiger partial charge in [-0.05, 0) is 43.0 Å². The number of rotatable bonds is 3. The predicted octanol–water partition coefficient (Wildman–Crippen LogP) is 2.79. The third-order valence-electron chi connectivity index (χ3n) is 3.89. The Kier molecular flexibility index (Phi) is 7.13. The van der Waals surface area contributed by atoms with E-state index < -0.39 is 0 Å². The normalized spacial score (nSPS) is 22.5. The molecule has 0 bridgehead atoms. The molecule has 0 aliphatic carbocycles. The van der Waals surface area contributed by atoms with Gasteiger partial charge in [-0.1, -0.05) is 22.9 Å². The van der Waals surface area contributed by atoms with E-state index in [-0.39, 0.29) is 24.4 Å². The van der Waals surface area contributed by atoms with Gasteiger partial charge in [-0.2, -0.15) is 0 Å². The largest absolute Gasteiger partial charge is 0.327 e. The number of benzene rings is 1. The van der Waals surface area contributed by atoms with Crippen LogP contribution >= 0.6 is 28.3 Å². The quantitative estimate of drug-likeness (QED) is 0.853. The maximum Gasteiger partial charge on any atom is 0.238 e. The molecule has 118 valence electrons. The number of aryl methyl sites for hydroxylation is 1. The highest BCUT2D eigenvalue weighted by Gasteiger charge is 2.24. The van der Waals surface area contributed by atoms with Crippen molar-refractivity contribution in [2.75, 3.05) is 25.0 Å². The van der Waals surface area contributed by atoms with Crippen LogP contribution in [-0.4, -0.2) is 36.5 Å². The first-order chi connectivity index (χ1) is 9.45. The summed E-state index contributed by atoms with van der Waals surface area (Å²) in [5.74, 6) is 0.490. The lowest BCUT2D eigenvalue weighted by Gasteiger charge is -2.34. The first-order valence-electron chi connectivity index (χ1n) is 6.99. The number of amides is 1. The third-order valence-corrected chi connectivity index (χ3v) is 4.38. The van der Waals surface area contributed by atoms with Crippen LogP contribution in [0.3, 0.4) is 0 Å². The van der Waals surface area contributed by atoms with Crippen molar-refractivity contribution in [3.8, 4) is 0 Å². The number of hydrogen-bond donors (Lipinski definition) is 2. The van der Waals surface area contributed by atoms with Gasteiger partial charge < -0.3 is 11.1 Å². The molecule has 1 heterocycles. The van der Waals surface area contributed by atoms with Gasteiger partial charge in [0.15, 0.2) is 0 Å². The van der Waals surface area contributed by atoms with Crippen molar-refractivity contribution >= 4 is 39.9 Å². The van der Waals surface area contributed by atoms with Gasteiger partial charge in [0, 0.05) is 29.3 Å². The van der Waals surface area contributed by atoms with Crippen LogP contribution in [0.1, 0.15) is 18.9 Å². The highest BCUT2D eigenvalue weighted by molar-refractivity contribution is 9.10. The Labute approximate surface area is 141 Å². The molecule has 1 aromatic rings. The molecule has 4 nitrogen and oxygen atoms in total. The molecule has 0 saturated carbocycles. The van der Waals surface area contributed by atoms with Crippen molar-refractivity contribution in [1.82, 2.24) is 4.90 Å². The van der Waals surface area contributed by atoms with Crippen LogP contribution in [0.15, 0.2) is 22.7 Å². The zero-order valence-corrected chi connectivity index (χ0v) is 14.8. The molecule has 2 atom stereocenters. The fourth-order valence-electron chi connectivity index (χ4n) is 2.55. The SMILES string of the molecule is Cc1cc(Br)ccc1NC(=O)CN1CCC(N)C(C)C1.Cl. The van der Waals surface area contributed by atoms with Crippen molar-refractivity contribution in [3.05, 3.63) is 28.2 Å². The minimum absolute atomic E-state index is 0. The molecule has 1 aliphatic rings. The highest BCUT2D eigenvalue weighted by Crippen LogP contribution is 2.20. The average molecular weight is 377 g/mol. The smallest absolute Gasteiger partial charge is 0.238 e. The molecular formula is C15H23BrClN3O. The lowest BCUT2D eigenvalue weighted by atomic mass is 9.95. The minimum Gasteiger partial charge on any atom is -0.327 e. The van der Waals surface area contributed by atoms with Crippen molar-refractivity contribution < 1.29 is 4.79 Å². The lowest BCUT2D eigenvalue weighted by Crippen LogP contribution is -2.48. The molecule has 21 heavy (non-hydrogen) atoms. The number of anilines is 1. The summed E-state index contributed by atoms with van der Waals surface area (Å²) in [6, 6.07) is 6.12. The standard InChI is InChI=1S/C15H22BrN3O.ClH/c1-10-7-12(16)3-4-14(10)18-15(20)9-19-6-5-13(17)11(2)8-19;/h3-4,7,11,13H,5-6,8-9,17H2,1-2H3,(H,18,20);1H. The molecule has 1 amide bonds. The molecule has 1 fully saturated rings. The van der Waals surface area contributed by atoms with Gasteiger partial charge >= 0.3 is 0 Å². The van der Waals surface area contributed by atoms with Gasteiger partial charge in [0.2, 0.25) is 5.91 Å². The van der Waals surface area contributed by atoms with Crippen molar-refractivity contribution in [2.24, 2.45) is 11.7 Å². The number of likely N-dealkylation sites (tertiary alicyclic amines) is 1. The van der Waals surface area contributed by atoms with Gasteiger partial charge in [0.05, 0.1) is 6.54 Å². The van der Waals surface area contributed by atoms with Crippen molar-refractivity contribution in [3.63, 3.8) is 0 Å². The second-order valence-electron chi connectivity index (χ2n) is 5.67. The summed E-state index contributed by atoms with van der Waals surface area (Å²) in [5, 5.41) is 2.98. The van der Waals surface area contributed by atoms with Gasteiger partial charge in [-0.3, -0.25) is 9.69 Å². The molecular weight excluding hydrogens is 354 g/mol. The number of carbonyl (C=O) groups is 1. The van der Waals surface area contributed by atoms with Crippen LogP contribution in [0.25, 0.3) is 0 Å². The average Bonchev–Trinajstić information content (AvgIpc) is 2.37. The fourth-order valence-corrected chi connectivity index (χ4v) is 3.03. The number of nitrogens with zero attached hydrogens (tertiary/aromatic N) is 1. The first-order valence-corrected chi connectivity index (χ1v) is 7.79. The molecule has 1 aromatic carbocycles. The summed E-state index contributed by atoms with van der Waals surface area (Å²) in [4.78, 5) is 14.3. The maximum absolute atomic E-state index is 12.1. The molecule has 0 radical (unpaired) electrons. The molecule has 0 aromatic heterocycles. The highest BCUT2D eigenvalue weighted by atomic mass is 79.9. The summed E-state index contributed by atoms with van der Waals surface area (Å²) < 4.78 is 1.02. The van der Waals surface area contributed by atoms with E-state index in [0.717, 1.165) is 35.2 Å². The molecule has 2 rings (SSSR count). The number of piperidine rings is 1. The second kappa shape index (κ2) is 8.13. The number of hydrogen-bond acceptors (Lipinski definition) is 3. The predicted molar refractivity (Wildman–Crippen MR) is 93.0 cm³/mol. The summed E-state index contributed by atoms with van der Waals surface area (Å²) >= 11 is 3.42. The first kappa shape index (κ1) is 18.4. The number of halogens is 2. The van der Waals surface area contributed by atoms with Crippen LogP contribution in [0, 0.1) is 12.8 Å². The topological polar surface area (TPSA) is 58.4 Å². The second-order valence-corrected chi connectivity index (χ2v) is 6.59. The number of nitrogens with one attached hydrogen (secondary N) is 1. The third kappa shape index (κ3) is 5.25. The minimum atomic E-state index is 0. The van der Waals surface area contributed by atoms with E-state index in [2.05, 4.69) is 33.1 Å². The van der Waals surface area contributed by atoms with Crippen LogP contribution < -0.4 is 11.1 Å². The summed E-state index contributed by atoms with van der Waals surface area (Å²) in [7, 11) is 0. The van der Waals surface area contributed by atoms with E-state index in [0.29, 0.717) is 12.5 Å². The Morgan fingerprint density at radius 2 is 2.24 bits per heavy atom. The zero-order chi connectivity index (χ0) is 14.7. The molecule has 1 aliphatic heterocycles. The number of carbonyl (C=O) groups excluding carboxylic acids is 1. The Balaban J connectivity index is 0.00000220. The molecule has 1 saturated heterocycles. The molecule has 2 unspecified atom stereocenters. The Morgan fingerprint density at radius 1 is 1.52 bits per heavy atom. The summed E-state index contributed by atoms with van der Waals surface area (Å²) in [6.07, 6.45) is 0.964. The maximum atomic E-state index is 12.1. The van der Waals surface area contributed by atoms with Crippen LogP contribution in [0.5, 0.6) is 0 Å². The molecule has 6 heteroatoms. The van der Waals surface area contributed by atoms with Crippen molar-refractivity contribution in [2.45, 2.75) is 26.3 Å². The van der Waals surface area contributed by atoms with E-state index in [9.17, 15) is 4.79 Å². The lowest BCUT2D eigenvalue weighted by molar-refractivity contribution is -0.117. The van der Waals surface area contributed by atoms with E-state index in [4.69, 9.17) is 5.73 Å². The zero-order valence-electron chi connectivity index (χ0n) is 12.4. The van der Waals surface area contributed by atoms with Crippen molar-refractivity contribution in [1.29, 1.82) is 0 Å². The van der Waals surface area contributed by atoms with Gasteiger partial charge in [-0.25, -0.2) is 0 Å². The number of nitrogens with two attached hydrogens (primary N) is 1. The van der Waals surface area contributed by atoms with Gasteiger partial charge in [-0.15, -0.1) is 12.4 Å². The van der Waals surface area contributed by atoms with Gasteiger partial charge in [0.25, 0.3) is 0 Å². The van der Waals surface area contributed by atoms with Gasteiger partial charge in [0.1, 0.15) is 0 Å². The van der Waals surface area contributed by atoms with E-state index in [1.54, 1.807) is 0 Å². The summed E-state index contributed by atoms with van der Waals surface area (Å²) in [6.45, 7) is 6.37. The Bertz CT molecular complexity index is 498. The van der Waals surface area contributed by atoms with Crippen LogP contribution in [0.2, 0.25) is 0 Å².